The summed E-state index contributed by atoms with van der Waals surface area (Å²) >= 11 is 1.22. The number of methoxy groups -OCH3 is 1. The van der Waals surface area contributed by atoms with Crippen LogP contribution in [-0.2, 0) is 6.42 Å². The Morgan fingerprint density at radius 1 is 1.27 bits per heavy atom. The summed E-state index contributed by atoms with van der Waals surface area (Å²) in [6.45, 7) is 3.58. The molecule has 0 saturated carbocycles. The van der Waals surface area contributed by atoms with Crippen LogP contribution in [-0.4, -0.2) is 34.3 Å². The highest BCUT2D eigenvalue weighted by molar-refractivity contribution is 7.09. The number of carbonyl (C=O) groups is 1. The maximum atomic E-state index is 13.4. The number of ketones is 1. The van der Waals surface area contributed by atoms with E-state index in [1.54, 1.807) is 50.4 Å². The van der Waals surface area contributed by atoms with E-state index in [0.717, 1.165) is 5.56 Å². The topological polar surface area (TPSA) is 90.1 Å². The predicted molar refractivity (Wildman–Crippen MR) is 117 cm³/mol. The highest BCUT2D eigenvalue weighted by Gasteiger charge is 2.20. The first-order valence-electron chi connectivity index (χ1n) is 9.62. The Kier molecular flexibility index (Phi) is 7.12. The Morgan fingerprint density at radius 2 is 2.00 bits per heavy atom. The smallest absolute Gasteiger partial charge is 0.202 e. The number of aryl methyl sites for hydroxylation is 1. The second-order valence-corrected chi connectivity index (χ2v) is 7.99. The van der Waals surface area contributed by atoms with Crippen LogP contribution in [0.4, 0.5) is 9.52 Å². The van der Waals surface area contributed by atoms with Crippen molar-refractivity contribution >= 4 is 22.4 Å². The van der Waals surface area contributed by atoms with Gasteiger partial charge >= 0.3 is 0 Å². The third-order valence-corrected chi connectivity index (χ3v) is 5.50. The van der Waals surface area contributed by atoms with Crippen LogP contribution in [0.25, 0.3) is 0 Å². The Balaban J connectivity index is 1.64. The summed E-state index contributed by atoms with van der Waals surface area (Å²) < 4.78 is 22.9. The third kappa shape index (κ3) is 5.61. The van der Waals surface area contributed by atoms with Crippen LogP contribution in [0.3, 0.4) is 0 Å². The molecule has 8 heteroatoms. The van der Waals surface area contributed by atoms with Crippen LogP contribution in [0.1, 0.15) is 40.7 Å². The van der Waals surface area contributed by atoms with Crippen molar-refractivity contribution < 1.29 is 13.9 Å². The normalized spacial score (nSPS) is 13.0. The predicted octanol–water partition coefficient (Wildman–Crippen LogP) is 3.99. The van der Waals surface area contributed by atoms with E-state index < -0.39 is 0 Å². The average molecular weight is 429 g/mol. The van der Waals surface area contributed by atoms with Crippen molar-refractivity contribution in [1.82, 2.24) is 9.36 Å². The number of aromatic nitrogens is 2. The van der Waals surface area contributed by atoms with Crippen molar-refractivity contribution in [2.75, 3.05) is 12.4 Å². The Labute approximate surface area is 179 Å². The van der Waals surface area contributed by atoms with Crippen LogP contribution >= 0.6 is 11.5 Å². The molecule has 3 rings (SSSR count). The van der Waals surface area contributed by atoms with Crippen molar-refractivity contribution in [3.8, 4) is 5.75 Å². The van der Waals surface area contributed by atoms with E-state index in [2.05, 4.69) is 14.7 Å². The van der Waals surface area contributed by atoms with Gasteiger partial charge in [0.05, 0.1) is 13.2 Å². The van der Waals surface area contributed by atoms with E-state index in [1.807, 2.05) is 6.92 Å². The van der Waals surface area contributed by atoms with Gasteiger partial charge in [0, 0.05) is 36.0 Å². The van der Waals surface area contributed by atoms with Crippen molar-refractivity contribution in [1.29, 1.82) is 0 Å². The van der Waals surface area contributed by atoms with Gasteiger partial charge in [0.15, 0.2) is 5.78 Å². The minimum absolute atomic E-state index is 0.0148. The number of nitrogens with two attached hydrogens (primary N) is 1. The largest absolute Gasteiger partial charge is 0.497 e. The first-order chi connectivity index (χ1) is 14.4. The molecule has 30 heavy (non-hydrogen) atoms. The number of rotatable bonds is 9. The summed E-state index contributed by atoms with van der Waals surface area (Å²) in [5, 5.41) is 3.85. The number of anilines is 1. The molecule has 1 aromatic heterocycles. The van der Waals surface area contributed by atoms with E-state index in [-0.39, 0.29) is 30.1 Å². The third-order valence-electron chi connectivity index (χ3n) is 4.81. The van der Waals surface area contributed by atoms with Crippen molar-refractivity contribution in [3.05, 3.63) is 70.8 Å². The molecule has 1 heterocycles. The first-order valence-corrected chi connectivity index (χ1v) is 10.4. The first kappa shape index (κ1) is 21.9. The summed E-state index contributed by atoms with van der Waals surface area (Å²) in [6, 6.07) is 11.4. The van der Waals surface area contributed by atoms with Gasteiger partial charge in [-0.25, -0.2) is 9.37 Å². The molecule has 3 aromatic rings. The molecule has 0 fully saturated rings. The molecule has 0 radical (unpaired) electrons. The Hall–Kier alpha value is -2.84. The number of ether oxygens (including phenoxy) is 1. The number of hydrogen-bond acceptors (Lipinski definition) is 7. The number of halogens is 1. The Morgan fingerprint density at radius 3 is 2.63 bits per heavy atom. The molecule has 6 nitrogen and oxygen atoms in total. The second-order valence-electron chi connectivity index (χ2n) is 7.24. The van der Waals surface area contributed by atoms with Gasteiger partial charge < -0.3 is 15.8 Å². The van der Waals surface area contributed by atoms with Gasteiger partial charge in [-0.1, -0.05) is 12.1 Å². The molecule has 3 N–H and O–H groups in total. The Bertz CT molecular complexity index is 1000. The molecule has 2 unspecified atom stereocenters. The lowest BCUT2D eigenvalue weighted by Crippen LogP contribution is -2.39. The highest BCUT2D eigenvalue weighted by atomic mass is 32.1. The molecule has 158 valence electrons. The number of hydrogen-bond donors (Lipinski definition) is 2. The van der Waals surface area contributed by atoms with Crippen molar-refractivity contribution in [2.45, 2.75) is 38.8 Å². The molecule has 0 aliphatic carbocycles. The minimum atomic E-state index is -0.284. The van der Waals surface area contributed by atoms with Gasteiger partial charge in [-0.15, -0.1) is 0 Å². The molecule has 0 aliphatic rings. The number of carbonyl (C=O) groups excluding carboxylic acids is 1. The summed E-state index contributed by atoms with van der Waals surface area (Å²) in [4.78, 5) is 17.2. The van der Waals surface area contributed by atoms with Gasteiger partial charge in [0.2, 0.25) is 5.13 Å². The summed E-state index contributed by atoms with van der Waals surface area (Å²) in [7, 11) is 1.58. The van der Waals surface area contributed by atoms with Crippen LogP contribution in [0.5, 0.6) is 5.75 Å². The zero-order chi connectivity index (χ0) is 21.7. The molecule has 0 amide bonds. The van der Waals surface area contributed by atoms with E-state index in [4.69, 9.17) is 10.5 Å². The van der Waals surface area contributed by atoms with Crippen molar-refractivity contribution in [2.24, 2.45) is 5.73 Å². The van der Waals surface area contributed by atoms with Gasteiger partial charge in [0.1, 0.15) is 17.4 Å². The van der Waals surface area contributed by atoms with Gasteiger partial charge in [-0.05, 0) is 55.3 Å². The van der Waals surface area contributed by atoms with E-state index >= 15 is 0 Å². The van der Waals surface area contributed by atoms with Crippen LogP contribution in [0.2, 0.25) is 0 Å². The lowest BCUT2D eigenvalue weighted by Gasteiger charge is -2.21. The molecule has 2 atom stereocenters. The lowest BCUT2D eigenvalue weighted by molar-refractivity contribution is 0.0974. The lowest BCUT2D eigenvalue weighted by atomic mass is 10.00. The minimum Gasteiger partial charge on any atom is -0.497 e. The van der Waals surface area contributed by atoms with Gasteiger partial charge in [-0.2, -0.15) is 4.37 Å². The number of nitrogens with zero attached hydrogens (tertiary/aromatic N) is 2. The average Bonchev–Trinajstić information content (AvgIpc) is 3.17. The highest BCUT2D eigenvalue weighted by Crippen LogP contribution is 2.20. The van der Waals surface area contributed by atoms with Gasteiger partial charge in [0.25, 0.3) is 0 Å². The monoisotopic (exact) mass is 428 g/mol. The maximum absolute atomic E-state index is 13.4. The number of Topliss-reactive ketones (excluding diaryl/α,β-unsaturated/α-hetero) is 1. The second kappa shape index (κ2) is 9.77. The summed E-state index contributed by atoms with van der Waals surface area (Å²) in [5.41, 5.74) is 8.24. The summed E-state index contributed by atoms with van der Waals surface area (Å²) in [6.07, 6.45) is 0.739. The van der Waals surface area contributed by atoms with Crippen LogP contribution in [0, 0.1) is 12.7 Å². The molecule has 0 aliphatic heterocycles. The number of benzene rings is 2. The fourth-order valence-corrected chi connectivity index (χ4v) is 3.65. The zero-order valence-corrected chi connectivity index (χ0v) is 18.0. The molecule has 2 aromatic carbocycles. The van der Waals surface area contributed by atoms with E-state index in [1.165, 1.54) is 17.6 Å². The van der Waals surface area contributed by atoms with E-state index in [9.17, 15) is 9.18 Å². The SMILES string of the molecule is COc1ccc(C(=O)CC(Nc2nc(Cc3ccc(F)c(C)c3)ns2)C(C)N)cc1. The van der Waals surface area contributed by atoms with E-state index in [0.29, 0.717) is 34.3 Å². The van der Waals surface area contributed by atoms with Crippen LogP contribution < -0.4 is 15.8 Å². The molecule has 0 saturated heterocycles. The standard InChI is InChI=1S/C22H25FN4O2S/c1-13-10-15(4-9-18(13)23)11-21-26-22(30-27-21)25-19(14(2)24)12-20(28)16-5-7-17(29-3)8-6-16/h4-10,14,19H,11-12,24H2,1-3H3,(H,25,26,27). The summed E-state index contributed by atoms with van der Waals surface area (Å²) in [5.74, 6) is 1.09. The van der Waals surface area contributed by atoms with Crippen LogP contribution in [0.15, 0.2) is 42.5 Å². The quantitative estimate of drug-likeness (QED) is 0.501. The molecular weight excluding hydrogens is 403 g/mol. The molecule has 0 spiro atoms. The maximum Gasteiger partial charge on any atom is 0.202 e. The molecule has 0 bridgehead atoms. The fraction of sp³-hybridized carbons (Fsp3) is 0.318. The fourth-order valence-electron chi connectivity index (χ4n) is 3.01. The molecular formula is C22H25FN4O2S. The zero-order valence-electron chi connectivity index (χ0n) is 17.2. The van der Waals surface area contributed by atoms with Gasteiger partial charge in [-0.3, -0.25) is 4.79 Å². The van der Waals surface area contributed by atoms with Crippen molar-refractivity contribution in [3.63, 3.8) is 0 Å². The number of nitrogens with one attached hydrogen (secondary N) is 1.